The maximum absolute atomic E-state index is 12.1. The summed E-state index contributed by atoms with van der Waals surface area (Å²) in [6.45, 7) is 5.18. The Morgan fingerprint density at radius 1 is 1.25 bits per heavy atom. The van der Waals surface area contributed by atoms with Gasteiger partial charge < -0.3 is 14.9 Å². The number of carbonyl (C=O) groups excluding carboxylic acids is 1. The molecule has 0 bridgehead atoms. The average Bonchev–Trinajstić information content (AvgIpc) is 2.99. The Hall–Kier alpha value is -2.61. The Labute approximate surface area is 168 Å². The fraction of sp³-hybridized carbons (Fsp3) is 0.400. The quantitative estimate of drug-likeness (QED) is 0.345. The molecule has 1 aromatic carbocycles. The number of fused-ring (bicyclic) bond motifs is 1. The number of hydrogen-bond acceptors (Lipinski definition) is 5. The summed E-state index contributed by atoms with van der Waals surface area (Å²) in [5.74, 6) is 0.920. The number of thioether (sulfide) groups is 1. The number of carbonyl (C=O) groups is 1. The summed E-state index contributed by atoms with van der Waals surface area (Å²) in [7, 11) is 0. The molecule has 0 spiro atoms. The molecule has 28 heavy (non-hydrogen) atoms. The highest BCUT2D eigenvalue weighted by atomic mass is 32.2. The van der Waals surface area contributed by atoms with Crippen molar-refractivity contribution in [2.24, 2.45) is 0 Å². The van der Waals surface area contributed by atoms with E-state index in [0.717, 1.165) is 29.8 Å². The molecule has 0 aliphatic heterocycles. The minimum Gasteiger partial charge on any atom is -0.356 e. The van der Waals surface area contributed by atoms with Crippen LogP contribution in [0.1, 0.15) is 29.9 Å². The lowest BCUT2D eigenvalue weighted by Crippen LogP contribution is -2.27. The van der Waals surface area contributed by atoms with Gasteiger partial charge in [0.15, 0.2) is 5.16 Å². The first-order valence-electron chi connectivity index (χ1n) is 9.32. The number of H-pyrrole nitrogens is 1. The first-order chi connectivity index (χ1) is 13.5. The summed E-state index contributed by atoms with van der Waals surface area (Å²) in [6, 6.07) is 8.05. The third-order valence-electron chi connectivity index (χ3n) is 4.72. The van der Waals surface area contributed by atoms with E-state index in [-0.39, 0.29) is 17.9 Å². The average molecular weight is 400 g/mol. The highest BCUT2D eigenvalue weighted by molar-refractivity contribution is 7.98. The van der Waals surface area contributed by atoms with Crippen LogP contribution < -0.4 is 10.9 Å². The zero-order valence-corrected chi connectivity index (χ0v) is 17.2. The maximum Gasteiger partial charge on any atom is 0.254 e. The first-order valence-corrected chi connectivity index (χ1v) is 10.5. The molecule has 0 fully saturated rings. The van der Waals surface area contributed by atoms with Gasteiger partial charge in [0.05, 0.1) is 11.0 Å². The van der Waals surface area contributed by atoms with Crippen LogP contribution in [0.2, 0.25) is 0 Å². The van der Waals surface area contributed by atoms with Crippen LogP contribution >= 0.6 is 11.8 Å². The van der Waals surface area contributed by atoms with E-state index in [9.17, 15) is 9.59 Å². The van der Waals surface area contributed by atoms with Gasteiger partial charge in [0.1, 0.15) is 5.82 Å². The van der Waals surface area contributed by atoms with E-state index in [1.807, 2.05) is 31.4 Å². The molecule has 3 rings (SSSR count). The van der Waals surface area contributed by atoms with Crippen molar-refractivity contribution < 1.29 is 4.79 Å². The summed E-state index contributed by atoms with van der Waals surface area (Å²) in [5, 5.41) is 3.53. The molecule has 0 radical (unpaired) electrons. The van der Waals surface area contributed by atoms with Crippen molar-refractivity contribution >= 4 is 28.7 Å². The van der Waals surface area contributed by atoms with Gasteiger partial charge in [-0.3, -0.25) is 9.59 Å². The number of rotatable bonds is 8. The second-order valence-corrected chi connectivity index (χ2v) is 7.44. The smallest absolute Gasteiger partial charge is 0.254 e. The molecule has 2 aromatic heterocycles. The third-order valence-corrected chi connectivity index (χ3v) is 5.30. The van der Waals surface area contributed by atoms with Gasteiger partial charge in [0, 0.05) is 30.8 Å². The van der Waals surface area contributed by atoms with Crippen molar-refractivity contribution in [3.05, 3.63) is 51.7 Å². The largest absolute Gasteiger partial charge is 0.356 e. The predicted octanol–water partition coefficient (Wildman–Crippen LogP) is 2.60. The molecule has 148 valence electrons. The number of amides is 1. The first kappa shape index (κ1) is 20.1. The number of para-hydroxylation sites is 2. The van der Waals surface area contributed by atoms with Crippen LogP contribution in [-0.2, 0) is 17.8 Å². The fourth-order valence-corrected chi connectivity index (χ4v) is 3.67. The van der Waals surface area contributed by atoms with E-state index in [2.05, 4.69) is 30.9 Å². The molecule has 0 aliphatic carbocycles. The number of nitrogens with one attached hydrogen (secondary N) is 2. The van der Waals surface area contributed by atoms with Gasteiger partial charge in [0.2, 0.25) is 5.91 Å². The zero-order chi connectivity index (χ0) is 20.1. The lowest BCUT2D eigenvalue weighted by Gasteiger charge is -2.09. The fourth-order valence-electron chi connectivity index (χ4n) is 3.25. The van der Waals surface area contributed by atoms with E-state index in [1.165, 1.54) is 11.8 Å². The van der Waals surface area contributed by atoms with Gasteiger partial charge in [0.25, 0.3) is 5.56 Å². The van der Waals surface area contributed by atoms with E-state index in [4.69, 9.17) is 0 Å². The number of nitrogens with zero attached hydrogens (tertiary/aromatic N) is 3. The normalized spacial score (nSPS) is 11.1. The summed E-state index contributed by atoms with van der Waals surface area (Å²) in [5.41, 5.74) is 3.21. The van der Waals surface area contributed by atoms with Gasteiger partial charge in [-0.05, 0) is 45.1 Å². The molecule has 0 unspecified atom stereocenters. The highest BCUT2D eigenvalue weighted by Gasteiger charge is 2.11. The molecule has 0 saturated carbocycles. The molecular weight excluding hydrogens is 374 g/mol. The van der Waals surface area contributed by atoms with E-state index in [0.29, 0.717) is 29.4 Å². The van der Waals surface area contributed by atoms with Gasteiger partial charge in [-0.25, -0.2) is 9.97 Å². The predicted molar refractivity (Wildman–Crippen MR) is 112 cm³/mol. The van der Waals surface area contributed by atoms with Crippen molar-refractivity contribution in [2.75, 3.05) is 12.8 Å². The molecule has 2 heterocycles. The Bertz CT molecular complexity index is 1040. The lowest BCUT2D eigenvalue weighted by atomic mass is 10.1. The van der Waals surface area contributed by atoms with Crippen molar-refractivity contribution in [1.29, 1.82) is 0 Å². The second kappa shape index (κ2) is 9.05. The maximum atomic E-state index is 12.1. The highest BCUT2D eigenvalue weighted by Crippen LogP contribution is 2.15. The summed E-state index contributed by atoms with van der Waals surface area (Å²) < 4.78 is 2.17. The van der Waals surface area contributed by atoms with Crippen LogP contribution in [-0.4, -0.2) is 38.2 Å². The Balaban J connectivity index is 1.48. The molecule has 8 heteroatoms. The zero-order valence-electron chi connectivity index (χ0n) is 16.4. The molecule has 7 nitrogen and oxygen atoms in total. The van der Waals surface area contributed by atoms with Crippen molar-refractivity contribution in [2.45, 2.75) is 44.8 Å². The minimum atomic E-state index is -0.160. The van der Waals surface area contributed by atoms with E-state index >= 15 is 0 Å². The van der Waals surface area contributed by atoms with E-state index in [1.54, 1.807) is 6.92 Å². The second-order valence-electron chi connectivity index (χ2n) is 6.64. The van der Waals surface area contributed by atoms with Crippen LogP contribution in [0, 0.1) is 13.8 Å². The van der Waals surface area contributed by atoms with Crippen LogP contribution in [0.25, 0.3) is 11.0 Å². The molecular formula is C20H25N5O2S. The van der Waals surface area contributed by atoms with Crippen LogP contribution in [0.15, 0.2) is 34.2 Å². The number of hydrogen-bond donors (Lipinski definition) is 2. The molecule has 0 atom stereocenters. The SMILES string of the molecule is CSc1nc(C)c(CCC(=O)NCCCn2c(C)nc3ccccc32)c(=O)[nH]1. The standard InChI is InChI=1S/C20H25N5O2S/c1-13-15(19(27)24-20(22-13)28-3)9-10-18(26)21-11-6-12-25-14(2)23-16-7-4-5-8-17(16)25/h4-5,7-8H,6,9-12H2,1-3H3,(H,21,26)(H,22,24,27). The van der Waals surface area contributed by atoms with Crippen molar-refractivity contribution in [1.82, 2.24) is 24.8 Å². The summed E-state index contributed by atoms with van der Waals surface area (Å²) in [6.07, 6.45) is 3.34. The van der Waals surface area contributed by atoms with Crippen molar-refractivity contribution in [3.63, 3.8) is 0 Å². The summed E-state index contributed by atoms with van der Waals surface area (Å²) >= 11 is 1.39. The number of aromatic amines is 1. The van der Waals surface area contributed by atoms with E-state index < -0.39 is 0 Å². The van der Waals surface area contributed by atoms with Gasteiger partial charge in [-0.15, -0.1) is 0 Å². The Morgan fingerprint density at radius 2 is 2.04 bits per heavy atom. The topological polar surface area (TPSA) is 92.7 Å². The van der Waals surface area contributed by atoms with Gasteiger partial charge in [-0.1, -0.05) is 23.9 Å². The monoisotopic (exact) mass is 399 g/mol. The third kappa shape index (κ3) is 4.62. The lowest BCUT2D eigenvalue weighted by molar-refractivity contribution is -0.121. The summed E-state index contributed by atoms with van der Waals surface area (Å²) in [4.78, 5) is 35.9. The molecule has 3 aromatic rings. The number of benzene rings is 1. The molecule has 0 aliphatic rings. The van der Waals surface area contributed by atoms with Crippen LogP contribution in [0.3, 0.4) is 0 Å². The molecule has 1 amide bonds. The minimum absolute atomic E-state index is 0.0556. The number of aryl methyl sites for hydroxylation is 3. The van der Waals surface area contributed by atoms with Gasteiger partial charge >= 0.3 is 0 Å². The Morgan fingerprint density at radius 3 is 2.79 bits per heavy atom. The number of imidazole rings is 1. The van der Waals surface area contributed by atoms with Crippen molar-refractivity contribution in [3.8, 4) is 0 Å². The van der Waals surface area contributed by atoms with Crippen LogP contribution in [0.4, 0.5) is 0 Å². The Kier molecular flexibility index (Phi) is 6.51. The molecule has 0 saturated heterocycles. The number of aromatic nitrogens is 4. The van der Waals surface area contributed by atoms with Gasteiger partial charge in [-0.2, -0.15) is 0 Å². The van der Waals surface area contributed by atoms with Crippen LogP contribution in [0.5, 0.6) is 0 Å². The molecule has 2 N–H and O–H groups in total.